The van der Waals surface area contributed by atoms with Crippen LogP contribution >= 0.6 is 0 Å². The van der Waals surface area contributed by atoms with E-state index in [-0.39, 0.29) is 11.6 Å². The minimum Gasteiger partial charge on any atom is -0.289 e. The van der Waals surface area contributed by atoms with Gasteiger partial charge in [0, 0.05) is 11.1 Å². The first kappa shape index (κ1) is 13.7. The number of hydrogen-bond acceptors (Lipinski definition) is 1. The molecule has 2 aromatic rings. The van der Waals surface area contributed by atoms with Crippen LogP contribution in [-0.4, -0.2) is 5.78 Å². The predicted octanol–water partition coefficient (Wildman–Crippen LogP) is 4.99. The van der Waals surface area contributed by atoms with Crippen molar-refractivity contribution < 1.29 is 9.18 Å². The number of Topliss-reactive ketones (excluding diaryl/α,β-unsaturated/α-hetero) is 1. The predicted molar refractivity (Wildman–Crippen MR) is 82.8 cm³/mol. The normalized spacial score (nSPS) is 17.0. The number of ketones is 1. The summed E-state index contributed by atoms with van der Waals surface area (Å²) in [5, 5.41) is 0. The number of carbonyl (C=O) groups is 1. The minimum atomic E-state index is -0.319. The van der Waals surface area contributed by atoms with Gasteiger partial charge in [-0.1, -0.05) is 31.2 Å². The molecule has 1 unspecified atom stereocenters. The lowest BCUT2D eigenvalue weighted by molar-refractivity contribution is 0.103. The van der Waals surface area contributed by atoms with Crippen LogP contribution in [0.4, 0.5) is 4.39 Å². The second-order valence-corrected chi connectivity index (χ2v) is 5.44. The lowest BCUT2D eigenvalue weighted by Crippen LogP contribution is -2.13. The molecule has 0 aliphatic heterocycles. The Morgan fingerprint density at radius 3 is 2.57 bits per heavy atom. The smallest absolute Gasteiger partial charge is 0.189 e. The largest absolute Gasteiger partial charge is 0.289 e. The molecule has 0 saturated heterocycles. The molecule has 1 atom stereocenters. The van der Waals surface area contributed by atoms with Crippen molar-refractivity contribution in [3.05, 3.63) is 76.6 Å². The molecule has 0 bridgehead atoms. The van der Waals surface area contributed by atoms with Crippen LogP contribution in [0.3, 0.4) is 0 Å². The number of rotatable bonds is 3. The van der Waals surface area contributed by atoms with E-state index in [1.165, 1.54) is 17.7 Å². The number of benzene rings is 2. The molecule has 0 fully saturated rings. The maximum Gasteiger partial charge on any atom is 0.189 e. The van der Waals surface area contributed by atoms with Crippen LogP contribution in [0.1, 0.15) is 47.2 Å². The van der Waals surface area contributed by atoms with E-state index in [0.717, 1.165) is 24.0 Å². The molecule has 0 amide bonds. The quantitative estimate of drug-likeness (QED) is 0.724. The lowest BCUT2D eigenvalue weighted by Gasteiger charge is -2.24. The molecule has 0 aromatic heterocycles. The zero-order valence-corrected chi connectivity index (χ0v) is 12.0. The Kier molecular flexibility index (Phi) is 3.70. The number of allylic oxidation sites excluding steroid dienone is 1. The van der Waals surface area contributed by atoms with Crippen LogP contribution in [0.25, 0.3) is 6.08 Å². The van der Waals surface area contributed by atoms with Crippen LogP contribution in [0.2, 0.25) is 0 Å². The van der Waals surface area contributed by atoms with E-state index >= 15 is 0 Å². The highest BCUT2D eigenvalue weighted by Crippen LogP contribution is 2.36. The van der Waals surface area contributed by atoms with E-state index in [2.05, 4.69) is 19.1 Å². The summed E-state index contributed by atoms with van der Waals surface area (Å²) in [6.45, 7) is 2.15. The highest BCUT2D eigenvalue weighted by Gasteiger charge is 2.23. The van der Waals surface area contributed by atoms with Gasteiger partial charge in [0.2, 0.25) is 0 Å². The summed E-state index contributed by atoms with van der Waals surface area (Å²) < 4.78 is 13.0. The van der Waals surface area contributed by atoms with Crippen LogP contribution < -0.4 is 0 Å². The summed E-state index contributed by atoms with van der Waals surface area (Å²) in [6.07, 6.45) is 3.74. The maximum atomic E-state index is 13.0. The van der Waals surface area contributed by atoms with Crippen molar-refractivity contribution in [2.24, 2.45) is 0 Å². The van der Waals surface area contributed by atoms with Crippen LogP contribution in [-0.2, 0) is 0 Å². The molecule has 21 heavy (non-hydrogen) atoms. The van der Waals surface area contributed by atoms with Crippen LogP contribution in [0.15, 0.2) is 54.1 Å². The first-order valence-electron chi connectivity index (χ1n) is 7.29. The second kappa shape index (κ2) is 5.65. The SMILES string of the molecule is CCC1CC(C(=O)c2ccc(F)cc2)=Cc2ccccc21. The lowest BCUT2D eigenvalue weighted by atomic mass is 9.80. The molecule has 0 radical (unpaired) electrons. The Morgan fingerprint density at radius 2 is 1.86 bits per heavy atom. The Hall–Kier alpha value is -2.22. The van der Waals surface area contributed by atoms with E-state index < -0.39 is 0 Å². The van der Waals surface area contributed by atoms with E-state index in [4.69, 9.17) is 0 Å². The topological polar surface area (TPSA) is 17.1 Å². The Morgan fingerprint density at radius 1 is 1.14 bits per heavy atom. The summed E-state index contributed by atoms with van der Waals surface area (Å²) in [6, 6.07) is 14.0. The molecule has 0 N–H and O–H groups in total. The van der Waals surface area contributed by atoms with Crippen molar-refractivity contribution in [1.29, 1.82) is 0 Å². The highest BCUT2D eigenvalue weighted by atomic mass is 19.1. The van der Waals surface area contributed by atoms with Crippen molar-refractivity contribution in [1.82, 2.24) is 0 Å². The fourth-order valence-corrected chi connectivity index (χ4v) is 2.95. The van der Waals surface area contributed by atoms with Gasteiger partial charge < -0.3 is 0 Å². The zero-order valence-electron chi connectivity index (χ0n) is 12.0. The fourth-order valence-electron chi connectivity index (χ4n) is 2.95. The first-order chi connectivity index (χ1) is 10.2. The molecular weight excluding hydrogens is 263 g/mol. The molecule has 1 nitrogen and oxygen atoms in total. The van der Waals surface area contributed by atoms with Crippen molar-refractivity contribution in [3.8, 4) is 0 Å². The molecule has 1 aliphatic rings. The summed E-state index contributed by atoms with van der Waals surface area (Å²) in [5.74, 6) is 0.0644. The standard InChI is InChI=1S/C19H17FO/c1-2-13-11-16(12-15-5-3-4-6-18(13)15)19(21)14-7-9-17(20)10-8-14/h3-10,12-13H,2,11H2,1H3. The maximum absolute atomic E-state index is 13.0. The van der Waals surface area contributed by atoms with E-state index in [1.54, 1.807) is 12.1 Å². The van der Waals surface area contributed by atoms with Gasteiger partial charge in [-0.25, -0.2) is 4.39 Å². The summed E-state index contributed by atoms with van der Waals surface area (Å²) >= 11 is 0. The van der Waals surface area contributed by atoms with E-state index in [9.17, 15) is 9.18 Å². The average molecular weight is 280 g/mol. The van der Waals surface area contributed by atoms with Crippen molar-refractivity contribution in [2.45, 2.75) is 25.7 Å². The van der Waals surface area contributed by atoms with Gasteiger partial charge in [0.1, 0.15) is 5.82 Å². The van der Waals surface area contributed by atoms with Gasteiger partial charge >= 0.3 is 0 Å². The minimum absolute atomic E-state index is 0.00273. The number of fused-ring (bicyclic) bond motifs is 1. The molecule has 0 spiro atoms. The Balaban J connectivity index is 1.98. The van der Waals surface area contributed by atoms with Gasteiger partial charge in [0.25, 0.3) is 0 Å². The van der Waals surface area contributed by atoms with Gasteiger partial charge in [-0.15, -0.1) is 0 Å². The summed E-state index contributed by atoms with van der Waals surface area (Å²) in [5.41, 5.74) is 3.81. The molecule has 3 rings (SSSR count). The van der Waals surface area contributed by atoms with Gasteiger partial charge in [-0.2, -0.15) is 0 Å². The number of carbonyl (C=O) groups excluding carboxylic acids is 1. The van der Waals surface area contributed by atoms with Crippen molar-refractivity contribution in [2.75, 3.05) is 0 Å². The first-order valence-corrected chi connectivity index (χ1v) is 7.29. The summed E-state index contributed by atoms with van der Waals surface area (Å²) in [4.78, 5) is 12.6. The monoisotopic (exact) mass is 280 g/mol. The Labute approximate surface area is 124 Å². The number of hydrogen-bond donors (Lipinski definition) is 0. The van der Waals surface area contributed by atoms with E-state index in [0.29, 0.717) is 11.5 Å². The number of halogens is 1. The molecule has 0 heterocycles. The van der Waals surface area contributed by atoms with Crippen molar-refractivity contribution in [3.63, 3.8) is 0 Å². The molecular formula is C19H17FO. The molecule has 106 valence electrons. The summed E-state index contributed by atoms with van der Waals surface area (Å²) in [7, 11) is 0. The van der Waals surface area contributed by atoms with Crippen LogP contribution in [0, 0.1) is 5.82 Å². The molecule has 0 saturated carbocycles. The fraction of sp³-hybridized carbons (Fsp3) is 0.211. The second-order valence-electron chi connectivity index (χ2n) is 5.44. The third-order valence-electron chi connectivity index (χ3n) is 4.12. The van der Waals surface area contributed by atoms with Crippen LogP contribution in [0.5, 0.6) is 0 Å². The van der Waals surface area contributed by atoms with Gasteiger partial charge in [-0.05, 0) is 60.2 Å². The zero-order chi connectivity index (χ0) is 14.8. The highest BCUT2D eigenvalue weighted by molar-refractivity contribution is 6.11. The average Bonchev–Trinajstić information content (AvgIpc) is 2.53. The van der Waals surface area contributed by atoms with Gasteiger partial charge in [0.15, 0.2) is 5.78 Å². The molecule has 2 heteroatoms. The third kappa shape index (κ3) is 2.66. The van der Waals surface area contributed by atoms with E-state index in [1.807, 2.05) is 18.2 Å². The Bertz CT molecular complexity index is 698. The van der Waals surface area contributed by atoms with Crippen molar-refractivity contribution >= 4 is 11.9 Å². The molecule has 2 aromatic carbocycles. The van der Waals surface area contributed by atoms with Gasteiger partial charge in [-0.3, -0.25) is 4.79 Å². The third-order valence-corrected chi connectivity index (χ3v) is 4.12. The molecule has 1 aliphatic carbocycles. The van der Waals surface area contributed by atoms with Gasteiger partial charge in [0.05, 0.1) is 0 Å².